The van der Waals surface area contributed by atoms with E-state index in [4.69, 9.17) is 4.42 Å². The van der Waals surface area contributed by atoms with E-state index in [-0.39, 0.29) is 30.8 Å². The smallest absolute Gasteiger partial charge is 0.328 e. The van der Waals surface area contributed by atoms with E-state index in [0.29, 0.717) is 11.6 Å². The lowest BCUT2D eigenvalue weighted by atomic mass is 10.3. The lowest BCUT2D eigenvalue weighted by Crippen LogP contribution is -2.41. The molecule has 4 aromatic heterocycles. The number of furan rings is 1. The van der Waals surface area contributed by atoms with E-state index in [1.54, 1.807) is 30.6 Å². The van der Waals surface area contributed by atoms with Crippen LogP contribution in [0.15, 0.2) is 74.0 Å². The molecule has 0 spiro atoms. The van der Waals surface area contributed by atoms with Gasteiger partial charge in [-0.1, -0.05) is 0 Å². The molecule has 0 aromatic carbocycles. The van der Waals surface area contributed by atoms with Gasteiger partial charge >= 0.3 is 5.69 Å². The van der Waals surface area contributed by atoms with Crippen LogP contribution in [0.4, 0.5) is 0 Å². The van der Waals surface area contributed by atoms with Gasteiger partial charge in [-0.15, -0.1) is 5.10 Å². The van der Waals surface area contributed by atoms with Crippen molar-refractivity contribution < 1.29 is 9.21 Å². The number of nitrogens with zero attached hydrogens (tertiary/aromatic N) is 5. The van der Waals surface area contributed by atoms with Gasteiger partial charge in [0.1, 0.15) is 11.3 Å². The number of H-pyrrole nitrogens is 1. The maximum atomic E-state index is 12.6. The second-order valence-corrected chi connectivity index (χ2v) is 6.44. The highest BCUT2D eigenvalue weighted by molar-refractivity contribution is 5.93. The lowest BCUT2D eigenvalue weighted by molar-refractivity contribution is 0.0949. The molecule has 0 atom stereocenters. The van der Waals surface area contributed by atoms with E-state index in [0.717, 1.165) is 10.8 Å². The van der Waals surface area contributed by atoms with Crippen LogP contribution in [0.2, 0.25) is 0 Å². The molecule has 0 unspecified atom stereocenters. The van der Waals surface area contributed by atoms with E-state index in [1.165, 1.54) is 27.8 Å². The van der Waals surface area contributed by atoms with Crippen molar-refractivity contribution in [1.29, 1.82) is 0 Å². The molecule has 12 heteroatoms. The Hall–Kier alpha value is -4.48. The maximum absolute atomic E-state index is 12.6. The first-order valence-corrected chi connectivity index (χ1v) is 9.24. The van der Waals surface area contributed by atoms with Crippen molar-refractivity contribution in [2.75, 3.05) is 6.54 Å². The molecule has 2 N–H and O–H groups in total. The molecule has 0 saturated heterocycles. The molecule has 0 aliphatic carbocycles. The van der Waals surface area contributed by atoms with E-state index < -0.39 is 17.2 Å². The maximum Gasteiger partial charge on any atom is 0.328 e. The topological polar surface area (TPSA) is 150 Å². The van der Waals surface area contributed by atoms with Crippen molar-refractivity contribution in [3.8, 4) is 5.82 Å². The summed E-state index contributed by atoms with van der Waals surface area (Å²) in [5.74, 6) is 0.149. The predicted octanol–water partition coefficient (Wildman–Crippen LogP) is -0.650. The van der Waals surface area contributed by atoms with Crippen LogP contribution < -0.4 is 22.1 Å². The van der Waals surface area contributed by atoms with Crippen LogP contribution in [0.3, 0.4) is 0 Å². The van der Waals surface area contributed by atoms with Gasteiger partial charge in [-0.3, -0.25) is 19.0 Å². The van der Waals surface area contributed by atoms with Gasteiger partial charge < -0.3 is 14.7 Å². The third-order valence-electron chi connectivity index (χ3n) is 4.40. The van der Waals surface area contributed by atoms with Gasteiger partial charge in [-0.25, -0.2) is 14.2 Å². The summed E-state index contributed by atoms with van der Waals surface area (Å²) in [7, 11) is 0. The quantitative estimate of drug-likeness (QED) is 0.401. The normalized spacial score (nSPS) is 10.8. The Labute approximate surface area is 173 Å². The molecule has 12 nitrogen and oxygen atoms in total. The summed E-state index contributed by atoms with van der Waals surface area (Å²) in [6.45, 7) is -0.00348. The second-order valence-electron chi connectivity index (χ2n) is 6.44. The fourth-order valence-corrected chi connectivity index (χ4v) is 2.87. The van der Waals surface area contributed by atoms with Crippen LogP contribution in [-0.4, -0.2) is 41.6 Å². The van der Waals surface area contributed by atoms with Gasteiger partial charge in [-0.05, 0) is 24.3 Å². The molecular formula is C19H17N7O5. The van der Waals surface area contributed by atoms with Crippen molar-refractivity contribution in [3.05, 3.63) is 97.7 Å². The molecule has 0 saturated carbocycles. The minimum absolute atomic E-state index is 0.0328. The summed E-state index contributed by atoms with van der Waals surface area (Å²) in [6.07, 6.45) is 5.74. The number of aromatic nitrogens is 6. The number of nitrogens with one attached hydrogen (secondary N) is 2. The lowest BCUT2D eigenvalue weighted by Gasteiger charge is -2.09. The third kappa shape index (κ3) is 4.27. The number of amides is 1. The van der Waals surface area contributed by atoms with E-state index in [2.05, 4.69) is 20.5 Å². The first-order valence-electron chi connectivity index (χ1n) is 9.24. The van der Waals surface area contributed by atoms with Crippen LogP contribution in [0, 0.1) is 0 Å². The van der Waals surface area contributed by atoms with Crippen molar-refractivity contribution in [3.63, 3.8) is 0 Å². The Morgan fingerprint density at radius 1 is 1.16 bits per heavy atom. The minimum Gasteiger partial charge on any atom is -0.467 e. The number of rotatable bonds is 7. The van der Waals surface area contributed by atoms with E-state index in [9.17, 15) is 19.2 Å². The minimum atomic E-state index is -0.756. The van der Waals surface area contributed by atoms with Crippen LogP contribution in [0.5, 0.6) is 0 Å². The molecule has 158 valence electrons. The van der Waals surface area contributed by atoms with Gasteiger partial charge in [0, 0.05) is 31.2 Å². The molecule has 4 heterocycles. The highest BCUT2D eigenvalue weighted by Crippen LogP contribution is 2.01. The summed E-state index contributed by atoms with van der Waals surface area (Å²) < 4.78 is 8.70. The summed E-state index contributed by atoms with van der Waals surface area (Å²) in [5.41, 5.74) is -2.01. The number of hydrogen-bond acceptors (Lipinski definition) is 7. The average molecular weight is 423 g/mol. The third-order valence-corrected chi connectivity index (χ3v) is 4.40. The number of hydrogen-bond donors (Lipinski definition) is 2. The molecule has 0 aliphatic heterocycles. The highest BCUT2D eigenvalue weighted by atomic mass is 16.3. The van der Waals surface area contributed by atoms with Crippen molar-refractivity contribution in [1.82, 2.24) is 34.4 Å². The van der Waals surface area contributed by atoms with Gasteiger partial charge in [0.2, 0.25) is 0 Å². The summed E-state index contributed by atoms with van der Waals surface area (Å²) in [4.78, 5) is 51.4. The zero-order chi connectivity index (χ0) is 21.8. The summed E-state index contributed by atoms with van der Waals surface area (Å²) >= 11 is 0. The standard InChI is InChI=1S/C19H17N7O5/c27-16-5-4-15(25-8-2-6-22-25)23-26(16)9-7-20-17(28)14-11-21-19(30)24(18(14)29)12-13-3-1-10-31-13/h1-6,8,10-11H,7,9,12H2,(H,20,28)(H,21,30). The van der Waals surface area contributed by atoms with Crippen molar-refractivity contribution in [2.45, 2.75) is 13.1 Å². The van der Waals surface area contributed by atoms with Gasteiger partial charge in [0.05, 0.1) is 19.4 Å². The Morgan fingerprint density at radius 3 is 2.77 bits per heavy atom. The van der Waals surface area contributed by atoms with Gasteiger partial charge in [-0.2, -0.15) is 5.10 Å². The number of carbonyl (C=O) groups excluding carboxylic acids is 1. The van der Waals surface area contributed by atoms with E-state index >= 15 is 0 Å². The Morgan fingerprint density at radius 2 is 2.03 bits per heavy atom. The fraction of sp³-hybridized carbons (Fsp3) is 0.158. The Bertz CT molecular complexity index is 1360. The zero-order valence-electron chi connectivity index (χ0n) is 16.1. The molecule has 0 bridgehead atoms. The number of aromatic amines is 1. The Kier molecular flexibility index (Phi) is 5.43. The van der Waals surface area contributed by atoms with E-state index in [1.807, 2.05) is 0 Å². The molecule has 0 fully saturated rings. The first-order chi connectivity index (χ1) is 15.0. The second kappa shape index (κ2) is 8.49. The van der Waals surface area contributed by atoms with Crippen LogP contribution >= 0.6 is 0 Å². The summed E-state index contributed by atoms with van der Waals surface area (Å²) in [6, 6.07) is 7.84. The largest absolute Gasteiger partial charge is 0.467 e. The molecule has 4 aromatic rings. The van der Waals surface area contributed by atoms with Gasteiger partial charge in [0.25, 0.3) is 17.0 Å². The highest BCUT2D eigenvalue weighted by Gasteiger charge is 2.15. The van der Waals surface area contributed by atoms with Crippen LogP contribution in [0.1, 0.15) is 16.1 Å². The monoisotopic (exact) mass is 423 g/mol. The van der Waals surface area contributed by atoms with Crippen molar-refractivity contribution >= 4 is 5.91 Å². The van der Waals surface area contributed by atoms with Gasteiger partial charge in [0.15, 0.2) is 5.82 Å². The average Bonchev–Trinajstić information content (AvgIpc) is 3.47. The molecule has 0 radical (unpaired) electrons. The Balaban J connectivity index is 1.46. The first kappa shape index (κ1) is 19.8. The molecular weight excluding hydrogens is 406 g/mol. The summed E-state index contributed by atoms with van der Waals surface area (Å²) in [5, 5.41) is 10.8. The fourth-order valence-electron chi connectivity index (χ4n) is 2.87. The zero-order valence-corrected chi connectivity index (χ0v) is 16.1. The van der Waals surface area contributed by atoms with Crippen LogP contribution in [-0.2, 0) is 13.1 Å². The predicted molar refractivity (Wildman–Crippen MR) is 107 cm³/mol. The van der Waals surface area contributed by atoms with Crippen LogP contribution in [0.25, 0.3) is 5.82 Å². The SMILES string of the molecule is O=C(NCCn1nc(-n2cccn2)ccc1=O)c1c[nH]c(=O)n(Cc2ccco2)c1=O. The molecule has 1 amide bonds. The van der Waals surface area contributed by atoms with Crippen molar-refractivity contribution in [2.24, 2.45) is 0 Å². The number of carbonyl (C=O) groups is 1. The molecule has 4 rings (SSSR count). The molecule has 0 aliphatic rings. The molecule has 31 heavy (non-hydrogen) atoms.